The Labute approximate surface area is 152 Å². The monoisotopic (exact) mass is 348 g/mol. The summed E-state index contributed by atoms with van der Waals surface area (Å²) in [6.07, 6.45) is 3.04. The second kappa shape index (κ2) is 8.11. The van der Waals surface area contributed by atoms with Gasteiger partial charge in [0.2, 0.25) is 0 Å². The van der Waals surface area contributed by atoms with Crippen molar-refractivity contribution in [1.82, 2.24) is 9.97 Å². The molecule has 0 aliphatic rings. The minimum atomic E-state index is -0.208. The maximum atomic E-state index is 12.5. The molecule has 6 heteroatoms. The van der Waals surface area contributed by atoms with Crippen molar-refractivity contribution >= 4 is 17.4 Å². The van der Waals surface area contributed by atoms with Crippen molar-refractivity contribution in [3.8, 4) is 5.75 Å². The van der Waals surface area contributed by atoms with E-state index >= 15 is 0 Å². The van der Waals surface area contributed by atoms with Gasteiger partial charge in [-0.2, -0.15) is 0 Å². The molecule has 132 valence electrons. The van der Waals surface area contributed by atoms with Crippen LogP contribution in [-0.2, 0) is 6.54 Å². The molecule has 0 unspecified atom stereocenters. The van der Waals surface area contributed by atoms with Gasteiger partial charge in [0.05, 0.1) is 19.5 Å². The number of carbonyl (C=O) groups excluding carboxylic acids is 1. The van der Waals surface area contributed by atoms with Crippen LogP contribution in [0.4, 0.5) is 11.5 Å². The Kier molecular flexibility index (Phi) is 5.43. The largest absolute Gasteiger partial charge is 0.496 e. The Morgan fingerprint density at radius 1 is 1.04 bits per heavy atom. The summed E-state index contributed by atoms with van der Waals surface area (Å²) in [5, 5.41) is 3.18. The molecule has 0 radical (unpaired) electrons. The van der Waals surface area contributed by atoms with Crippen LogP contribution in [0.3, 0.4) is 0 Å². The lowest BCUT2D eigenvalue weighted by Gasteiger charge is -2.16. The number of rotatable bonds is 6. The first-order valence-corrected chi connectivity index (χ1v) is 8.20. The third-order valence-electron chi connectivity index (χ3n) is 3.97. The number of benzene rings is 2. The topological polar surface area (TPSA) is 67.3 Å². The molecule has 1 N–H and O–H groups in total. The first-order valence-electron chi connectivity index (χ1n) is 8.20. The molecule has 3 rings (SSSR count). The molecule has 1 aromatic heterocycles. The molecule has 2 aromatic carbocycles. The predicted octanol–water partition coefficient (Wildman–Crippen LogP) is 3.37. The zero-order chi connectivity index (χ0) is 18.4. The summed E-state index contributed by atoms with van der Waals surface area (Å²) in [5.41, 5.74) is 2.11. The fourth-order valence-electron chi connectivity index (χ4n) is 2.51. The number of para-hydroxylation sites is 2. The number of ether oxygens (including phenoxy) is 1. The van der Waals surface area contributed by atoms with Gasteiger partial charge >= 0.3 is 0 Å². The maximum absolute atomic E-state index is 12.5. The number of methoxy groups -OCH3 is 1. The number of hydrogen-bond donors (Lipinski definition) is 1. The summed E-state index contributed by atoms with van der Waals surface area (Å²) < 4.78 is 5.33. The van der Waals surface area contributed by atoms with E-state index in [4.69, 9.17) is 4.74 Å². The van der Waals surface area contributed by atoms with Crippen molar-refractivity contribution in [1.29, 1.82) is 0 Å². The molecule has 26 heavy (non-hydrogen) atoms. The fraction of sp³-hybridized carbons (Fsp3) is 0.150. The molecule has 0 aliphatic carbocycles. The minimum Gasteiger partial charge on any atom is -0.496 e. The van der Waals surface area contributed by atoms with Crippen LogP contribution in [-0.4, -0.2) is 30.0 Å². The van der Waals surface area contributed by atoms with Crippen LogP contribution in [0.25, 0.3) is 0 Å². The van der Waals surface area contributed by atoms with Crippen LogP contribution in [0.1, 0.15) is 16.1 Å². The number of nitrogens with one attached hydrogen (secondary N) is 1. The lowest BCUT2D eigenvalue weighted by molar-refractivity contribution is 0.0988. The van der Waals surface area contributed by atoms with E-state index in [1.807, 2.05) is 54.6 Å². The Balaban J connectivity index is 1.66. The van der Waals surface area contributed by atoms with E-state index in [9.17, 15) is 4.79 Å². The van der Waals surface area contributed by atoms with Crippen LogP contribution in [0, 0.1) is 0 Å². The smallest absolute Gasteiger partial charge is 0.278 e. The van der Waals surface area contributed by atoms with Crippen LogP contribution in [0.5, 0.6) is 5.75 Å². The molecule has 0 saturated carbocycles. The van der Waals surface area contributed by atoms with Crippen molar-refractivity contribution in [2.75, 3.05) is 24.4 Å². The number of nitrogens with zero attached hydrogens (tertiary/aromatic N) is 3. The third kappa shape index (κ3) is 3.97. The minimum absolute atomic E-state index is 0.208. The van der Waals surface area contributed by atoms with Gasteiger partial charge in [-0.1, -0.05) is 36.4 Å². The first-order chi connectivity index (χ1) is 12.7. The summed E-state index contributed by atoms with van der Waals surface area (Å²) in [6.45, 7) is 0.551. The van der Waals surface area contributed by atoms with E-state index < -0.39 is 0 Å². The normalized spacial score (nSPS) is 10.2. The average Bonchev–Trinajstić information content (AvgIpc) is 2.72. The quantitative estimate of drug-likeness (QED) is 0.740. The molecular formula is C20H20N4O2. The van der Waals surface area contributed by atoms with Gasteiger partial charge in [-0.05, 0) is 18.2 Å². The highest BCUT2D eigenvalue weighted by Crippen LogP contribution is 2.18. The van der Waals surface area contributed by atoms with Gasteiger partial charge < -0.3 is 15.0 Å². The van der Waals surface area contributed by atoms with Crippen molar-refractivity contribution in [2.24, 2.45) is 0 Å². The average molecular weight is 348 g/mol. The Bertz CT molecular complexity index is 866. The molecule has 3 aromatic rings. The Morgan fingerprint density at radius 2 is 1.77 bits per heavy atom. The molecule has 0 bridgehead atoms. The highest BCUT2D eigenvalue weighted by molar-refractivity contribution is 6.04. The fourth-order valence-corrected chi connectivity index (χ4v) is 2.51. The number of carbonyl (C=O) groups is 1. The van der Waals surface area contributed by atoms with Crippen LogP contribution < -0.4 is 15.0 Å². The standard InChI is InChI=1S/C20H20N4O2/c1-24(16-9-4-3-5-10-16)20(25)17-13-23-19(14-21-17)22-12-15-8-6-7-11-18(15)26-2/h3-11,13-14H,12H2,1-2H3,(H,22,23). The van der Waals surface area contributed by atoms with Crippen LogP contribution in [0.2, 0.25) is 0 Å². The number of hydrogen-bond acceptors (Lipinski definition) is 5. The van der Waals surface area contributed by atoms with Gasteiger partial charge in [0.1, 0.15) is 17.3 Å². The van der Waals surface area contributed by atoms with Gasteiger partial charge in [0, 0.05) is 24.8 Å². The molecule has 1 amide bonds. The van der Waals surface area contributed by atoms with Gasteiger partial charge in [-0.3, -0.25) is 4.79 Å². The van der Waals surface area contributed by atoms with E-state index in [0.29, 0.717) is 18.1 Å². The summed E-state index contributed by atoms with van der Waals surface area (Å²) in [7, 11) is 3.36. The molecule has 1 heterocycles. The number of aromatic nitrogens is 2. The third-order valence-corrected chi connectivity index (χ3v) is 3.97. The van der Waals surface area contributed by atoms with Crippen LogP contribution >= 0.6 is 0 Å². The highest BCUT2D eigenvalue weighted by Gasteiger charge is 2.15. The van der Waals surface area contributed by atoms with Gasteiger partial charge in [-0.25, -0.2) is 9.97 Å². The van der Waals surface area contributed by atoms with Crippen molar-refractivity contribution in [3.05, 3.63) is 78.2 Å². The molecule has 0 fully saturated rings. The Hall–Kier alpha value is -3.41. The van der Waals surface area contributed by atoms with Crippen molar-refractivity contribution < 1.29 is 9.53 Å². The van der Waals surface area contributed by atoms with E-state index in [-0.39, 0.29) is 5.91 Å². The first kappa shape index (κ1) is 17.4. The van der Waals surface area contributed by atoms with E-state index in [1.165, 1.54) is 6.20 Å². The van der Waals surface area contributed by atoms with Crippen molar-refractivity contribution in [2.45, 2.75) is 6.54 Å². The number of anilines is 2. The van der Waals surface area contributed by atoms with Gasteiger partial charge in [0.15, 0.2) is 0 Å². The zero-order valence-electron chi connectivity index (χ0n) is 14.7. The second-order valence-electron chi connectivity index (χ2n) is 5.65. The van der Waals surface area contributed by atoms with Crippen LogP contribution in [0.15, 0.2) is 67.0 Å². The van der Waals surface area contributed by atoms with E-state index in [1.54, 1.807) is 25.3 Å². The summed E-state index contributed by atoms with van der Waals surface area (Å²) >= 11 is 0. The summed E-state index contributed by atoms with van der Waals surface area (Å²) in [4.78, 5) is 22.6. The zero-order valence-corrected chi connectivity index (χ0v) is 14.7. The Morgan fingerprint density at radius 3 is 2.46 bits per heavy atom. The van der Waals surface area contributed by atoms with E-state index in [0.717, 1.165) is 17.0 Å². The second-order valence-corrected chi connectivity index (χ2v) is 5.65. The summed E-state index contributed by atoms with van der Waals surface area (Å²) in [6, 6.07) is 17.2. The van der Waals surface area contributed by atoms with Crippen molar-refractivity contribution in [3.63, 3.8) is 0 Å². The van der Waals surface area contributed by atoms with E-state index in [2.05, 4.69) is 15.3 Å². The predicted molar refractivity (Wildman–Crippen MR) is 102 cm³/mol. The molecular weight excluding hydrogens is 328 g/mol. The molecule has 0 saturated heterocycles. The maximum Gasteiger partial charge on any atom is 0.278 e. The summed E-state index contributed by atoms with van der Waals surface area (Å²) in [5.74, 6) is 1.19. The van der Waals surface area contributed by atoms with Gasteiger partial charge in [-0.15, -0.1) is 0 Å². The lowest BCUT2D eigenvalue weighted by atomic mass is 10.2. The van der Waals surface area contributed by atoms with Gasteiger partial charge in [0.25, 0.3) is 5.91 Å². The molecule has 0 spiro atoms. The molecule has 0 aliphatic heterocycles. The SMILES string of the molecule is COc1ccccc1CNc1cnc(C(=O)N(C)c2ccccc2)cn1. The highest BCUT2D eigenvalue weighted by atomic mass is 16.5. The molecule has 6 nitrogen and oxygen atoms in total. The molecule has 0 atom stereocenters. The lowest BCUT2D eigenvalue weighted by Crippen LogP contribution is -2.27. The number of amides is 1.